The maximum atomic E-state index is 13.0. The van der Waals surface area contributed by atoms with Crippen molar-refractivity contribution in [2.45, 2.75) is 6.54 Å². The second kappa shape index (κ2) is 7.76. The van der Waals surface area contributed by atoms with Crippen LogP contribution in [0, 0.1) is 5.82 Å². The summed E-state index contributed by atoms with van der Waals surface area (Å²) in [5.74, 6) is -0.700. The fourth-order valence-electron chi connectivity index (χ4n) is 2.07. The number of carbonyl (C=O) groups excluding carboxylic acids is 2. The number of ether oxygens (including phenoxy) is 1. The molecule has 128 valence electrons. The maximum absolute atomic E-state index is 13.0. The minimum absolute atomic E-state index is 0.233. The normalized spacial score (nSPS) is 10.4. The van der Waals surface area contributed by atoms with Crippen LogP contribution in [0.3, 0.4) is 0 Å². The fraction of sp³-hybridized carbons (Fsp3) is 0.111. The molecule has 3 rings (SSSR count). The van der Waals surface area contributed by atoms with Gasteiger partial charge < -0.3 is 14.5 Å². The molecule has 0 aliphatic heterocycles. The Morgan fingerprint density at radius 1 is 1.12 bits per heavy atom. The van der Waals surface area contributed by atoms with Crippen LogP contribution in [-0.4, -0.2) is 18.5 Å². The van der Waals surface area contributed by atoms with Crippen LogP contribution in [-0.2, 0) is 16.1 Å². The number of esters is 1. The molecule has 25 heavy (non-hydrogen) atoms. The first-order chi connectivity index (χ1) is 12.1. The van der Waals surface area contributed by atoms with Crippen LogP contribution in [0.1, 0.15) is 15.4 Å². The highest BCUT2D eigenvalue weighted by molar-refractivity contribution is 7.17. The zero-order valence-corrected chi connectivity index (χ0v) is 13.8. The van der Waals surface area contributed by atoms with Crippen molar-refractivity contribution in [3.63, 3.8) is 0 Å². The summed E-state index contributed by atoms with van der Waals surface area (Å²) in [7, 11) is 0. The third kappa shape index (κ3) is 4.54. The number of furan rings is 1. The number of hydrogen-bond donors (Lipinski definition) is 1. The molecule has 7 heteroatoms. The van der Waals surface area contributed by atoms with Gasteiger partial charge in [0.2, 0.25) is 0 Å². The Kier molecular flexibility index (Phi) is 5.25. The quantitative estimate of drug-likeness (QED) is 0.683. The third-order valence-corrected chi connectivity index (χ3v) is 4.42. The van der Waals surface area contributed by atoms with E-state index in [4.69, 9.17) is 9.15 Å². The van der Waals surface area contributed by atoms with Gasteiger partial charge >= 0.3 is 5.97 Å². The van der Waals surface area contributed by atoms with E-state index in [0.29, 0.717) is 10.6 Å². The SMILES string of the molecule is O=C(COC(=O)c1ccc(-c2ccc(F)cc2)s1)NCc1ccco1. The largest absolute Gasteiger partial charge is 0.467 e. The van der Waals surface area contributed by atoms with Crippen LogP contribution in [0.4, 0.5) is 4.39 Å². The van der Waals surface area contributed by atoms with Crippen LogP contribution in [0.5, 0.6) is 0 Å². The van der Waals surface area contributed by atoms with Crippen molar-refractivity contribution in [1.29, 1.82) is 0 Å². The van der Waals surface area contributed by atoms with E-state index in [-0.39, 0.29) is 19.0 Å². The smallest absolute Gasteiger partial charge is 0.348 e. The van der Waals surface area contributed by atoms with E-state index in [2.05, 4.69) is 5.32 Å². The molecule has 0 saturated carbocycles. The monoisotopic (exact) mass is 359 g/mol. The van der Waals surface area contributed by atoms with Gasteiger partial charge in [-0.05, 0) is 42.0 Å². The molecule has 0 fully saturated rings. The number of thiophene rings is 1. The average molecular weight is 359 g/mol. The minimum Gasteiger partial charge on any atom is -0.467 e. The molecule has 1 aromatic carbocycles. The highest BCUT2D eigenvalue weighted by Gasteiger charge is 2.14. The second-order valence-electron chi connectivity index (χ2n) is 5.10. The molecule has 1 amide bonds. The summed E-state index contributed by atoms with van der Waals surface area (Å²) in [4.78, 5) is 24.9. The van der Waals surface area contributed by atoms with Gasteiger partial charge in [-0.1, -0.05) is 12.1 Å². The van der Waals surface area contributed by atoms with Crippen molar-refractivity contribution in [3.05, 3.63) is 71.2 Å². The maximum Gasteiger partial charge on any atom is 0.348 e. The van der Waals surface area contributed by atoms with E-state index >= 15 is 0 Å². The molecule has 0 bridgehead atoms. The average Bonchev–Trinajstić information content (AvgIpc) is 3.30. The number of rotatable bonds is 6. The number of nitrogens with one attached hydrogen (secondary N) is 1. The molecule has 5 nitrogen and oxygen atoms in total. The van der Waals surface area contributed by atoms with Gasteiger partial charge in [-0.3, -0.25) is 4.79 Å². The highest BCUT2D eigenvalue weighted by Crippen LogP contribution is 2.28. The minimum atomic E-state index is -0.577. The lowest BCUT2D eigenvalue weighted by molar-refractivity contribution is -0.124. The van der Waals surface area contributed by atoms with Gasteiger partial charge in [0.25, 0.3) is 5.91 Å². The van der Waals surface area contributed by atoms with Crippen LogP contribution in [0.25, 0.3) is 10.4 Å². The Bertz CT molecular complexity index is 856. The lowest BCUT2D eigenvalue weighted by Gasteiger charge is -2.04. The molecule has 0 aliphatic rings. The van der Waals surface area contributed by atoms with Gasteiger partial charge in [-0.15, -0.1) is 11.3 Å². The summed E-state index contributed by atoms with van der Waals surface area (Å²) in [5, 5.41) is 2.59. The highest BCUT2D eigenvalue weighted by atomic mass is 32.1. The van der Waals surface area contributed by atoms with Crippen molar-refractivity contribution >= 4 is 23.2 Å². The first kappa shape index (κ1) is 16.9. The zero-order chi connectivity index (χ0) is 17.6. The predicted octanol–water partition coefficient (Wildman–Crippen LogP) is 3.62. The lowest BCUT2D eigenvalue weighted by atomic mass is 10.2. The molecular formula is C18H14FNO4S. The Hall–Kier alpha value is -2.93. The summed E-state index contributed by atoms with van der Waals surface area (Å²) < 4.78 is 23.0. The van der Waals surface area contributed by atoms with Crippen molar-refractivity contribution < 1.29 is 23.1 Å². The number of carbonyl (C=O) groups is 2. The summed E-state index contributed by atoms with van der Waals surface area (Å²) in [6.45, 7) is -0.138. The van der Waals surface area contributed by atoms with Crippen molar-refractivity contribution in [2.24, 2.45) is 0 Å². The molecule has 0 unspecified atom stereocenters. The van der Waals surface area contributed by atoms with E-state index in [0.717, 1.165) is 10.4 Å². The number of amides is 1. The predicted molar refractivity (Wildman–Crippen MR) is 90.6 cm³/mol. The first-order valence-corrected chi connectivity index (χ1v) is 8.25. The van der Waals surface area contributed by atoms with Gasteiger partial charge in [0.1, 0.15) is 16.5 Å². The molecule has 0 saturated heterocycles. The second-order valence-corrected chi connectivity index (χ2v) is 6.19. The standard InChI is InChI=1S/C18H14FNO4S/c19-13-5-3-12(4-6-13)15-7-8-16(25-15)18(22)24-11-17(21)20-10-14-2-1-9-23-14/h1-9H,10-11H2,(H,20,21). The van der Waals surface area contributed by atoms with E-state index < -0.39 is 11.9 Å². The summed E-state index contributed by atoms with van der Waals surface area (Å²) in [6.07, 6.45) is 1.51. The third-order valence-electron chi connectivity index (χ3n) is 3.31. The Labute approximate surface area is 147 Å². The Morgan fingerprint density at radius 2 is 1.92 bits per heavy atom. The number of hydrogen-bond acceptors (Lipinski definition) is 5. The van der Waals surface area contributed by atoms with Gasteiger partial charge in [0.05, 0.1) is 12.8 Å². The van der Waals surface area contributed by atoms with Crippen LogP contribution < -0.4 is 5.32 Å². The van der Waals surface area contributed by atoms with Crippen LogP contribution >= 0.6 is 11.3 Å². The topological polar surface area (TPSA) is 68.5 Å². The zero-order valence-electron chi connectivity index (χ0n) is 13.0. The van der Waals surface area contributed by atoms with Crippen molar-refractivity contribution in [1.82, 2.24) is 5.32 Å². The molecule has 3 aromatic rings. The molecular weight excluding hydrogens is 345 g/mol. The van der Waals surface area contributed by atoms with E-state index in [9.17, 15) is 14.0 Å². The van der Waals surface area contributed by atoms with Gasteiger partial charge in [0, 0.05) is 4.88 Å². The number of halogens is 1. The Morgan fingerprint density at radius 3 is 2.64 bits per heavy atom. The molecule has 0 spiro atoms. The van der Waals surface area contributed by atoms with Gasteiger partial charge in [-0.25, -0.2) is 9.18 Å². The lowest BCUT2D eigenvalue weighted by Crippen LogP contribution is -2.28. The van der Waals surface area contributed by atoms with E-state index in [1.54, 1.807) is 36.4 Å². The molecule has 2 heterocycles. The van der Waals surface area contributed by atoms with Crippen LogP contribution in [0.15, 0.2) is 59.2 Å². The van der Waals surface area contributed by atoms with Gasteiger partial charge in [0.15, 0.2) is 6.61 Å². The summed E-state index contributed by atoms with van der Waals surface area (Å²) in [6, 6.07) is 12.8. The molecule has 1 N–H and O–H groups in total. The molecule has 0 aliphatic carbocycles. The van der Waals surface area contributed by atoms with Crippen molar-refractivity contribution in [2.75, 3.05) is 6.61 Å². The number of benzene rings is 1. The van der Waals surface area contributed by atoms with E-state index in [1.165, 1.54) is 29.7 Å². The molecule has 0 atom stereocenters. The van der Waals surface area contributed by atoms with E-state index in [1.807, 2.05) is 0 Å². The Balaban J connectivity index is 1.51. The first-order valence-electron chi connectivity index (χ1n) is 7.44. The summed E-state index contributed by atoms with van der Waals surface area (Å²) >= 11 is 1.22. The van der Waals surface area contributed by atoms with Crippen molar-refractivity contribution in [3.8, 4) is 10.4 Å². The van der Waals surface area contributed by atoms with Crippen LogP contribution in [0.2, 0.25) is 0 Å². The summed E-state index contributed by atoms with van der Waals surface area (Å²) in [5.41, 5.74) is 0.807. The molecule has 0 radical (unpaired) electrons. The van der Waals surface area contributed by atoms with Gasteiger partial charge in [-0.2, -0.15) is 0 Å². The molecule has 2 aromatic heterocycles. The fourth-order valence-corrected chi connectivity index (χ4v) is 2.97.